The summed E-state index contributed by atoms with van der Waals surface area (Å²) in [7, 11) is 1.46. The summed E-state index contributed by atoms with van der Waals surface area (Å²) in [5.41, 5.74) is 0. The number of nitrogens with one attached hydrogen (secondary N) is 1. The van der Waals surface area contributed by atoms with Gasteiger partial charge in [0.1, 0.15) is 0 Å². The van der Waals surface area contributed by atoms with Gasteiger partial charge in [0, 0.05) is 0 Å². The number of carbonyl (C=O) groups is 1. The van der Waals surface area contributed by atoms with Crippen LogP contribution in [0.5, 0.6) is 0 Å². The zero-order valence-corrected chi connectivity index (χ0v) is 5.96. The molecule has 1 saturated carbocycles. The number of piperidine rings is 1. The molecule has 0 spiro atoms. The molecule has 0 aromatic carbocycles. The Balaban J connectivity index is 1.94. The van der Waals surface area contributed by atoms with Crippen LogP contribution in [0.3, 0.4) is 0 Å². The molecule has 3 nitrogen and oxygen atoms in total. The molecule has 1 saturated heterocycles. The number of carbonyl (C=O) groups excluding carboxylic acids is 1. The van der Waals surface area contributed by atoms with Crippen molar-refractivity contribution in [3.8, 4) is 0 Å². The summed E-state index contributed by atoms with van der Waals surface area (Å²) in [6, 6.07) is 0. The molecular formula is C7H11NO2. The molecule has 1 heterocycles. The van der Waals surface area contributed by atoms with Crippen LogP contribution in [0.15, 0.2) is 0 Å². The Morgan fingerprint density at radius 3 is 2.60 bits per heavy atom. The Bertz CT molecular complexity index is 159. The summed E-state index contributed by atoms with van der Waals surface area (Å²) in [5.74, 6) is 1.39. The van der Waals surface area contributed by atoms with Gasteiger partial charge in [0.15, 0.2) is 0 Å². The lowest BCUT2D eigenvalue weighted by atomic mass is 10.3. The van der Waals surface area contributed by atoms with Crippen molar-refractivity contribution in [3.05, 3.63) is 0 Å². The average Bonchev–Trinajstić information content (AvgIpc) is 2.43. The number of fused-ring (bicyclic) bond motifs is 1. The molecule has 2 atom stereocenters. The van der Waals surface area contributed by atoms with E-state index in [4.69, 9.17) is 0 Å². The maximum absolute atomic E-state index is 10.9. The van der Waals surface area contributed by atoms with Crippen LogP contribution in [0.4, 0.5) is 0 Å². The molecule has 0 radical (unpaired) electrons. The van der Waals surface area contributed by atoms with Crippen LogP contribution in [-0.2, 0) is 9.53 Å². The number of ether oxygens (including phenoxy) is 1. The van der Waals surface area contributed by atoms with E-state index in [9.17, 15) is 4.79 Å². The molecule has 0 amide bonds. The Morgan fingerprint density at radius 1 is 1.50 bits per heavy atom. The molecule has 0 aromatic rings. The molecule has 1 N–H and O–H groups in total. The van der Waals surface area contributed by atoms with Crippen molar-refractivity contribution in [2.24, 2.45) is 17.8 Å². The minimum absolute atomic E-state index is 0.0171. The van der Waals surface area contributed by atoms with Crippen LogP contribution >= 0.6 is 0 Å². The fourth-order valence-electron chi connectivity index (χ4n) is 1.90. The third kappa shape index (κ3) is 0.669. The highest BCUT2D eigenvalue weighted by molar-refractivity contribution is 5.76. The normalized spacial score (nSPS) is 42.7. The van der Waals surface area contributed by atoms with E-state index in [0.717, 1.165) is 13.1 Å². The van der Waals surface area contributed by atoms with Gasteiger partial charge in [-0.15, -0.1) is 0 Å². The van der Waals surface area contributed by atoms with Crippen LogP contribution in [0.25, 0.3) is 0 Å². The molecule has 10 heavy (non-hydrogen) atoms. The molecule has 1 aliphatic heterocycles. The summed E-state index contributed by atoms with van der Waals surface area (Å²) in [5, 5.41) is 3.22. The van der Waals surface area contributed by atoms with Crippen molar-refractivity contribution in [2.75, 3.05) is 20.2 Å². The van der Waals surface area contributed by atoms with E-state index in [0.29, 0.717) is 11.8 Å². The highest BCUT2D eigenvalue weighted by Gasteiger charge is 2.57. The van der Waals surface area contributed by atoms with Gasteiger partial charge in [0.05, 0.1) is 13.0 Å². The lowest BCUT2D eigenvalue weighted by Gasteiger charge is -2.00. The quantitative estimate of drug-likeness (QED) is 0.506. The minimum Gasteiger partial charge on any atom is -0.469 e. The van der Waals surface area contributed by atoms with Crippen molar-refractivity contribution in [1.82, 2.24) is 5.32 Å². The summed E-state index contributed by atoms with van der Waals surface area (Å²) in [4.78, 5) is 10.9. The summed E-state index contributed by atoms with van der Waals surface area (Å²) >= 11 is 0. The number of rotatable bonds is 1. The first-order valence-corrected chi connectivity index (χ1v) is 3.63. The fraction of sp³-hybridized carbons (Fsp3) is 0.857. The van der Waals surface area contributed by atoms with Crippen LogP contribution in [-0.4, -0.2) is 26.2 Å². The summed E-state index contributed by atoms with van der Waals surface area (Å²) in [6.45, 7) is 2.01. The summed E-state index contributed by atoms with van der Waals surface area (Å²) in [6.07, 6.45) is 0. The molecule has 2 fully saturated rings. The van der Waals surface area contributed by atoms with E-state index >= 15 is 0 Å². The molecule has 56 valence electrons. The standard InChI is InChI=1S/C7H11NO2/c1-10-7(9)6-4-2-8-3-5(4)6/h4-6,8H,2-3H2,1H3. The van der Waals surface area contributed by atoms with E-state index in [-0.39, 0.29) is 11.9 Å². The van der Waals surface area contributed by atoms with Crippen LogP contribution < -0.4 is 5.32 Å². The second-order valence-corrected chi connectivity index (χ2v) is 3.03. The van der Waals surface area contributed by atoms with Crippen molar-refractivity contribution in [1.29, 1.82) is 0 Å². The first-order chi connectivity index (χ1) is 4.84. The van der Waals surface area contributed by atoms with Gasteiger partial charge in [-0.1, -0.05) is 0 Å². The average molecular weight is 141 g/mol. The fourth-order valence-corrected chi connectivity index (χ4v) is 1.90. The third-order valence-electron chi connectivity index (χ3n) is 2.57. The van der Waals surface area contributed by atoms with Crippen molar-refractivity contribution < 1.29 is 9.53 Å². The maximum Gasteiger partial charge on any atom is 0.309 e. The Labute approximate surface area is 59.7 Å². The highest BCUT2D eigenvalue weighted by atomic mass is 16.5. The molecule has 2 unspecified atom stereocenters. The van der Waals surface area contributed by atoms with E-state index in [1.807, 2.05) is 0 Å². The van der Waals surface area contributed by atoms with Gasteiger partial charge in [-0.05, 0) is 24.9 Å². The number of esters is 1. The minimum atomic E-state index is -0.0171. The van der Waals surface area contributed by atoms with Crippen LogP contribution in [0.1, 0.15) is 0 Å². The second-order valence-electron chi connectivity index (χ2n) is 3.03. The van der Waals surface area contributed by atoms with E-state index in [2.05, 4.69) is 10.1 Å². The zero-order chi connectivity index (χ0) is 7.14. The number of hydrogen-bond acceptors (Lipinski definition) is 3. The van der Waals surface area contributed by atoms with Crippen molar-refractivity contribution in [2.45, 2.75) is 0 Å². The van der Waals surface area contributed by atoms with E-state index in [1.165, 1.54) is 7.11 Å². The molecule has 2 aliphatic rings. The predicted molar refractivity (Wildman–Crippen MR) is 35.4 cm³/mol. The topological polar surface area (TPSA) is 38.3 Å². The third-order valence-corrected chi connectivity index (χ3v) is 2.57. The maximum atomic E-state index is 10.9. The van der Waals surface area contributed by atoms with Gasteiger partial charge in [-0.2, -0.15) is 0 Å². The molecular weight excluding hydrogens is 130 g/mol. The second kappa shape index (κ2) is 1.95. The first kappa shape index (κ1) is 6.16. The smallest absolute Gasteiger partial charge is 0.309 e. The molecule has 1 aliphatic carbocycles. The van der Waals surface area contributed by atoms with E-state index in [1.54, 1.807) is 0 Å². The van der Waals surface area contributed by atoms with Crippen molar-refractivity contribution >= 4 is 5.97 Å². The SMILES string of the molecule is COC(=O)C1C2CNCC21. The van der Waals surface area contributed by atoms with E-state index < -0.39 is 0 Å². The molecule has 0 aromatic heterocycles. The molecule has 2 rings (SSSR count). The van der Waals surface area contributed by atoms with Gasteiger partial charge in [-0.25, -0.2) is 0 Å². The Morgan fingerprint density at radius 2 is 2.10 bits per heavy atom. The zero-order valence-electron chi connectivity index (χ0n) is 5.96. The van der Waals surface area contributed by atoms with Crippen LogP contribution in [0.2, 0.25) is 0 Å². The first-order valence-electron chi connectivity index (χ1n) is 3.63. The molecule has 0 bridgehead atoms. The predicted octanol–water partition coefficient (Wildman–Crippen LogP) is -0.375. The lowest BCUT2D eigenvalue weighted by Crippen LogP contribution is -2.19. The van der Waals surface area contributed by atoms with Crippen LogP contribution in [0, 0.1) is 17.8 Å². The number of methoxy groups -OCH3 is 1. The largest absolute Gasteiger partial charge is 0.469 e. The Kier molecular flexibility index (Phi) is 1.20. The number of hydrogen-bond donors (Lipinski definition) is 1. The Hall–Kier alpha value is -0.570. The van der Waals surface area contributed by atoms with Gasteiger partial charge in [0.2, 0.25) is 0 Å². The van der Waals surface area contributed by atoms with Gasteiger partial charge >= 0.3 is 5.97 Å². The summed E-state index contributed by atoms with van der Waals surface area (Å²) < 4.78 is 4.64. The van der Waals surface area contributed by atoms with Crippen molar-refractivity contribution in [3.63, 3.8) is 0 Å². The lowest BCUT2D eigenvalue weighted by molar-refractivity contribution is -0.143. The monoisotopic (exact) mass is 141 g/mol. The van der Waals surface area contributed by atoms with Gasteiger partial charge < -0.3 is 10.1 Å². The highest BCUT2D eigenvalue weighted by Crippen LogP contribution is 2.49. The van der Waals surface area contributed by atoms with Gasteiger partial charge in [-0.3, -0.25) is 4.79 Å². The van der Waals surface area contributed by atoms with Gasteiger partial charge in [0.25, 0.3) is 0 Å². The molecule has 3 heteroatoms.